The number of rotatable bonds is 2. The molecule has 0 aromatic heterocycles. The standard InChI is InChI=1S/C14H17ClN2S/c1-14(2)5-6-18-9-13(14)17-12-4-3-10(8-16)7-11(12)15/h3-4,7,13,17H,5-6,9H2,1-2H3. The maximum Gasteiger partial charge on any atom is 0.0992 e. The number of nitriles is 1. The van der Waals surface area contributed by atoms with E-state index in [2.05, 4.69) is 25.2 Å². The van der Waals surface area contributed by atoms with Crippen LogP contribution in [0.4, 0.5) is 5.69 Å². The zero-order chi connectivity index (χ0) is 13.2. The molecular weight excluding hydrogens is 264 g/mol. The molecule has 0 spiro atoms. The maximum absolute atomic E-state index is 8.83. The number of halogens is 1. The molecule has 1 N–H and O–H groups in total. The van der Waals surface area contributed by atoms with Crippen molar-refractivity contribution in [1.82, 2.24) is 0 Å². The van der Waals surface area contributed by atoms with E-state index >= 15 is 0 Å². The SMILES string of the molecule is CC1(C)CCSCC1Nc1ccc(C#N)cc1Cl. The summed E-state index contributed by atoms with van der Waals surface area (Å²) in [7, 11) is 0. The Bertz CT molecular complexity index is 479. The van der Waals surface area contributed by atoms with E-state index in [1.165, 1.54) is 12.2 Å². The Morgan fingerprint density at radius 1 is 1.50 bits per heavy atom. The topological polar surface area (TPSA) is 35.8 Å². The third-order valence-electron chi connectivity index (χ3n) is 3.55. The van der Waals surface area contributed by atoms with Gasteiger partial charge in [-0.15, -0.1) is 0 Å². The van der Waals surface area contributed by atoms with Gasteiger partial charge in [0.1, 0.15) is 0 Å². The Morgan fingerprint density at radius 3 is 2.89 bits per heavy atom. The second-order valence-corrected chi connectivity index (χ2v) is 6.87. The van der Waals surface area contributed by atoms with Crippen LogP contribution in [0.15, 0.2) is 18.2 Å². The van der Waals surface area contributed by atoms with Gasteiger partial charge in [-0.3, -0.25) is 0 Å². The molecule has 1 aliphatic rings. The molecule has 18 heavy (non-hydrogen) atoms. The summed E-state index contributed by atoms with van der Waals surface area (Å²) in [6, 6.07) is 7.93. The molecule has 0 saturated carbocycles. The zero-order valence-electron chi connectivity index (χ0n) is 10.7. The highest BCUT2D eigenvalue weighted by Crippen LogP contribution is 2.37. The highest BCUT2D eigenvalue weighted by Gasteiger charge is 2.32. The Labute approximate surface area is 118 Å². The van der Waals surface area contributed by atoms with E-state index in [-0.39, 0.29) is 5.41 Å². The van der Waals surface area contributed by atoms with Crippen LogP contribution >= 0.6 is 23.4 Å². The van der Waals surface area contributed by atoms with Crippen molar-refractivity contribution in [1.29, 1.82) is 5.26 Å². The molecule has 1 unspecified atom stereocenters. The summed E-state index contributed by atoms with van der Waals surface area (Å²) in [5.41, 5.74) is 1.81. The summed E-state index contributed by atoms with van der Waals surface area (Å²) < 4.78 is 0. The number of benzene rings is 1. The van der Waals surface area contributed by atoms with Crippen molar-refractivity contribution in [3.8, 4) is 6.07 Å². The van der Waals surface area contributed by atoms with E-state index in [0.29, 0.717) is 16.6 Å². The van der Waals surface area contributed by atoms with Gasteiger partial charge in [0.15, 0.2) is 0 Å². The van der Waals surface area contributed by atoms with Crippen LogP contribution < -0.4 is 5.32 Å². The van der Waals surface area contributed by atoms with Gasteiger partial charge >= 0.3 is 0 Å². The minimum atomic E-state index is 0.280. The van der Waals surface area contributed by atoms with Crippen LogP contribution in [0.5, 0.6) is 0 Å². The molecule has 1 aliphatic heterocycles. The van der Waals surface area contributed by atoms with Gasteiger partial charge in [-0.05, 0) is 35.8 Å². The summed E-state index contributed by atoms with van der Waals surface area (Å²) in [5, 5.41) is 13.0. The largest absolute Gasteiger partial charge is 0.380 e. The monoisotopic (exact) mass is 280 g/mol. The predicted molar refractivity (Wildman–Crippen MR) is 79.3 cm³/mol. The average Bonchev–Trinajstić information content (AvgIpc) is 2.33. The van der Waals surface area contributed by atoms with E-state index in [0.717, 1.165) is 11.4 Å². The molecule has 1 saturated heterocycles. The number of hydrogen-bond donors (Lipinski definition) is 1. The summed E-state index contributed by atoms with van der Waals surface area (Å²) >= 11 is 8.18. The van der Waals surface area contributed by atoms with Crippen molar-refractivity contribution >= 4 is 29.1 Å². The number of thioether (sulfide) groups is 1. The summed E-state index contributed by atoms with van der Waals surface area (Å²) in [6.07, 6.45) is 1.21. The maximum atomic E-state index is 8.83. The molecule has 0 amide bonds. The molecular formula is C14H17ClN2S. The smallest absolute Gasteiger partial charge is 0.0992 e. The van der Waals surface area contributed by atoms with Crippen LogP contribution in [0.25, 0.3) is 0 Å². The van der Waals surface area contributed by atoms with Gasteiger partial charge in [-0.25, -0.2) is 0 Å². The van der Waals surface area contributed by atoms with Crippen molar-refractivity contribution in [3.05, 3.63) is 28.8 Å². The molecule has 0 aliphatic carbocycles. The molecule has 0 radical (unpaired) electrons. The minimum Gasteiger partial charge on any atom is -0.380 e. The van der Waals surface area contributed by atoms with Crippen LogP contribution in [-0.2, 0) is 0 Å². The molecule has 0 bridgehead atoms. The van der Waals surface area contributed by atoms with Crippen LogP contribution in [0.1, 0.15) is 25.8 Å². The van der Waals surface area contributed by atoms with Gasteiger partial charge in [-0.1, -0.05) is 25.4 Å². The van der Waals surface area contributed by atoms with E-state index in [9.17, 15) is 0 Å². The van der Waals surface area contributed by atoms with Crippen molar-refractivity contribution in [2.45, 2.75) is 26.3 Å². The molecule has 1 fully saturated rings. The van der Waals surface area contributed by atoms with Crippen LogP contribution in [0.3, 0.4) is 0 Å². The Balaban J connectivity index is 2.16. The molecule has 96 valence electrons. The lowest BCUT2D eigenvalue weighted by Gasteiger charge is -2.39. The molecule has 1 aromatic carbocycles. The first-order valence-electron chi connectivity index (χ1n) is 6.07. The zero-order valence-corrected chi connectivity index (χ0v) is 12.2. The highest BCUT2D eigenvalue weighted by molar-refractivity contribution is 7.99. The van der Waals surface area contributed by atoms with E-state index in [1.807, 2.05) is 17.8 Å². The van der Waals surface area contributed by atoms with Gasteiger partial charge in [-0.2, -0.15) is 17.0 Å². The van der Waals surface area contributed by atoms with Crippen molar-refractivity contribution in [2.24, 2.45) is 5.41 Å². The molecule has 4 heteroatoms. The van der Waals surface area contributed by atoms with Gasteiger partial charge < -0.3 is 5.32 Å². The Hall–Kier alpha value is -0.850. The normalized spacial score (nSPS) is 22.2. The molecule has 1 atom stereocenters. The predicted octanol–water partition coefficient (Wildman–Crippen LogP) is 4.16. The summed E-state index contributed by atoms with van der Waals surface area (Å²) in [6.45, 7) is 4.59. The molecule has 1 heterocycles. The molecule has 2 rings (SSSR count). The van der Waals surface area contributed by atoms with Gasteiger partial charge in [0, 0.05) is 11.8 Å². The van der Waals surface area contributed by atoms with Gasteiger partial charge in [0.05, 0.1) is 22.3 Å². The van der Waals surface area contributed by atoms with E-state index in [4.69, 9.17) is 16.9 Å². The average molecular weight is 281 g/mol. The molecule has 2 nitrogen and oxygen atoms in total. The second kappa shape index (κ2) is 5.42. The second-order valence-electron chi connectivity index (χ2n) is 5.32. The van der Waals surface area contributed by atoms with Crippen LogP contribution in [0.2, 0.25) is 5.02 Å². The minimum absolute atomic E-state index is 0.280. The summed E-state index contributed by atoms with van der Waals surface area (Å²) in [4.78, 5) is 0. The lowest BCUT2D eigenvalue weighted by Crippen LogP contribution is -2.41. The highest BCUT2D eigenvalue weighted by atomic mass is 35.5. The first kappa shape index (κ1) is 13.6. The third kappa shape index (κ3) is 2.93. The van der Waals surface area contributed by atoms with E-state index < -0.39 is 0 Å². The van der Waals surface area contributed by atoms with Crippen molar-refractivity contribution in [2.75, 3.05) is 16.8 Å². The quantitative estimate of drug-likeness (QED) is 0.884. The fourth-order valence-corrected chi connectivity index (χ4v) is 3.91. The molecule has 1 aromatic rings. The fraction of sp³-hybridized carbons (Fsp3) is 0.500. The Kier molecular flexibility index (Phi) is 4.09. The van der Waals surface area contributed by atoms with Crippen LogP contribution in [0, 0.1) is 16.7 Å². The third-order valence-corrected chi connectivity index (χ3v) is 4.92. The number of nitrogens with zero attached hydrogens (tertiary/aromatic N) is 1. The van der Waals surface area contributed by atoms with Crippen LogP contribution in [-0.4, -0.2) is 17.5 Å². The summed E-state index contributed by atoms with van der Waals surface area (Å²) in [5.74, 6) is 2.33. The van der Waals surface area contributed by atoms with Crippen molar-refractivity contribution in [3.63, 3.8) is 0 Å². The Morgan fingerprint density at radius 2 is 2.28 bits per heavy atom. The van der Waals surface area contributed by atoms with Gasteiger partial charge in [0.2, 0.25) is 0 Å². The lowest BCUT2D eigenvalue weighted by molar-refractivity contribution is 0.305. The van der Waals surface area contributed by atoms with Crippen molar-refractivity contribution < 1.29 is 0 Å². The van der Waals surface area contributed by atoms with Gasteiger partial charge in [0.25, 0.3) is 0 Å². The number of hydrogen-bond acceptors (Lipinski definition) is 3. The van der Waals surface area contributed by atoms with E-state index in [1.54, 1.807) is 12.1 Å². The first-order chi connectivity index (χ1) is 8.53. The fourth-order valence-electron chi connectivity index (χ4n) is 2.06. The first-order valence-corrected chi connectivity index (χ1v) is 7.60. The number of nitrogens with one attached hydrogen (secondary N) is 1. The lowest BCUT2D eigenvalue weighted by atomic mass is 9.82. The number of anilines is 1.